The number of fused-ring (bicyclic) bond motifs is 1. The fourth-order valence-corrected chi connectivity index (χ4v) is 2.26. The number of hydrogen-bond donors (Lipinski definition) is 0. The monoisotopic (exact) mass is 272 g/mol. The predicted octanol–water partition coefficient (Wildman–Crippen LogP) is 2.12. The van der Waals surface area contributed by atoms with Gasteiger partial charge in [-0.3, -0.25) is 0 Å². The Morgan fingerprint density at radius 2 is 2.10 bits per heavy atom. The van der Waals surface area contributed by atoms with Crippen molar-refractivity contribution in [1.82, 2.24) is 19.7 Å². The molecular weight excluding hydrogens is 256 g/mol. The van der Waals surface area contributed by atoms with Crippen LogP contribution in [0.2, 0.25) is 0 Å². The normalized spacial score (nSPS) is 11.3. The molecule has 3 aromatic rings. The van der Waals surface area contributed by atoms with Crippen LogP contribution in [-0.4, -0.2) is 26.8 Å². The van der Waals surface area contributed by atoms with Gasteiger partial charge in [-0.25, -0.2) is 4.98 Å². The molecule has 0 spiro atoms. The summed E-state index contributed by atoms with van der Waals surface area (Å²) in [5.41, 5.74) is 2.14. The molecule has 2 aromatic heterocycles. The first-order valence-corrected chi connectivity index (χ1v) is 6.50. The van der Waals surface area contributed by atoms with Crippen molar-refractivity contribution in [3.8, 4) is 0 Å². The molecule has 0 fully saturated rings. The minimum absolute atomic E-state index is 0.347. The summed E-state index contributed by atoms with van der Waals surface area (Å²) in [5, 5.41) is 3.94. The second kappa shape index (κ2) is 5.42. The van der Waals surface area contributed by atoms with E-state index >= 15 is 0 Å². The molecule has 6 heteroatoms. The highest BCUT2D eigenvalue weighted by molar-refractivity contribution is 5.75. The highest BCUT2D eigenvalue weighted by Gasteiger charge is 2.09. The van der Waals surface area contributed by atoms with Crippen LogP contribution in [0, 0.1) is 6.92 Å². The molecule has 0 unspecified atom stereocenters. The number of benzene rings is 1. The van der Waals surface area contributed by atoms with E-state index in [1.807, 2.05) is 25.1 Å². The van der Waals surface area contributed by atoms with Crippen molar-refractivity contribution in [3.63, 3.8) is 0 Å². The molecule has 0 saturated carbocycles. The van der Waals surface area contributed by atoms with E-state index in [0.29, 0.717) is 24.7 Å². The molecule has 2 heterocycles. The van der Waals surface area contributed by atoms with Crippen molar-refractivity contribution in [2.24, 2.45) is 0 Å². The van der Waals surface area contributed by atoms with Gasteiger partial charge in [-0.1, -0.05) is 17.3 Å². The zero-order valence-electron chi connectivity index (χ0n) is 11.5. The van der Waals surface area contributed by atoms with E-state index in [1.165, 1.54) is 0 Å². The number of para-hydroxylation sites is 2. The third-order valence-electron chi connectivity index (χ3n) is 3.18. The lowest BCUT2D eigenvalue weighted by atomic mass is 10.3. The predicted molar refractivity (Wildman–Crippen MR) is 73.2 cm³/mol. The third-order valence-corrected chi connectivity index (χ3v) is 3.18. The summed E-state index contributed by atoms with van der Waals surface area (Å²) < 4.78 is 12.2. The highest BCUT2D eigenvalue weighted by Crippen LogP contribution is 2.15. The molecule has 0 aliphatic heterocycles. The fraction of sp³-hybridized carbons (Fsp3) is 0.357. The van der Waals surface area contributed by atoms with E-state index in [1.54, 1.807) is 7.11 Å². The van der Waals surface area contributed by atoms with E-state index in [0.717, 1.165) is 23.4 Å². The Bertz CT molecular complexity index is 717. The standard InChI is InChI=1S/C14H16N4O2/c1-10-15-11-5-3-4-6-12(11)18(10)8-7-13-16-14(9-19-2)20-17-13/h3-6H,7-9H2,1-2H3. The molecule has 0 N–H and O–H groups in total. The summed E-state index contributed by atoms with van der Waals surface area (Å²) in [5.74, 6) is 2.19. The number of nitrogens with zero attached hydrogens (tertiary/aromatic N) is 4. The van der Waals surface area contributed by atoms with E-state index in [4.69, 9.17) is 9.26 Å². The van der Waals surface area contributed by atoms with Crippen LogP contribution in [0.1, 0.15) is 17.5 Å². The van der Waals surface area contributed by atoms with Gasteiger partial charge in [-0.05, 0) is 19.1 Å². The molecule has 0 amide bonds. The third kappa shape index (κ3) is 2.42. The van der Waals surface area contributed by atoms with Gasteiger partial charge in [-0.2, -0.15) is 4.98 Å². The van der Waals surface area contributed by atoms with E-state index in [-0.39, 0.29) is 0 Å². The lowest BCUT2D eigenvalue weighted by molar-refractivity contribution is 0.151. The first kappa shape index (κ1) is 12.8. The summed E-state index contributed by atoms with van der Waals surface area (Å²) in [4.78, 5) is 8.81. The van der Waals surface area contributed by atoms with Crippen molar-refractivity contribution in [2.45, 2.75) is 26.5 Å². The van der Waals surface area contributed by atoms with Crippen LogP contribution in [0.5, 0.6) is 0 Å². The minimum Gasteiger partial charge on any atom is -0.375 e. The van der Waals surface area contributed by atoms with Crippen LogP contribution in [0.4, 0.5) is 0 Å². The fourth-order valence-electron chi connectivity index (χ4n) is 2.26. The van der Waals surface area contributed by atoms with Crippen LogP contribution < -0.4 is 0 Å². The molecule has 6 nitrogen and oxygen atoms in total. The second-order valence-corrected chi connectivity index (χ2v) is 4.59. The van der Waals surface area contributed by atoms with Crippen LogP contribution >= 0.6 is 0 Å². The average Bonchev–Trinajstić information content (AvgIpc) is 3.01. The van der Waals surface area contributed by atoms with Crippen molar-refractivity contribution in [1.29, 1.82) is 0 Å². The molecule has 0 aliphatic carbocycles. The smallest absolute Gasteiger partial charge is 0.252 e. The second-order valence-electron chi connectivity index (χ2n) is 4.59. The van der Waals surface area contributed by atoms with Gasteiger partial charge in [0.2, 0.25) is 0 Å². The molecule has 0 bridgehead atoms. The molecule has 1 aromatic carbocycles. The maximum absolute atomic E-state index is 5.08. The highest BCUT2D eigenvalue weighted by atomic mass is 16.5. The zero-order valence-corrected chi connectivity index (χ0v) is 11.5. The maximum Gasteiger partial charge on any atom is 0.252 e. The quantitative estimate of drug-likeness (QED) is 0.711. The van der Waals surface area contributed by atoms with Crippen LogP contribution in [-0.2, 0) is 24.3 Å². The van der Waals surface area contributed by atoms with Gasteiger partial charge >= 0.3 is 0 Å². The lowest BCUT2D eigenvalue weighted by Gasteiger charge is -2.04. The van der Waals surface area contributed by atoms with Crippen LogP contribution in [0.25, 0.3) is 11.0 Å². The Morgan fingerprint density at radius 3 is 2.95 bits per heavy atom. The van der Waals surface area contributed by atoms with Crippen molar-refractivity contribution < 1.29 is 9.26 Å². The van der Waals surface area contributed by atoms with Crippen LogP contribution in [0.3, 0.4) is 0 Å². The molecule has 0 radical (unpaired) electrons. The Morgan fingerprint density at radius 1 is 1.25 bits per heavy atom. The zero-order chi connectivity index (χ0) is 13.9. The number of hydrogen-bond acceptors (Lipinski definition) is 5. The average molecular weight is 272 g/mol. The van der Waals surface area contributed by atoms with E-state index < -0.39 is 0 Å². The Balaban J connectivity index is 1.77. The van der Waals surface area contributed by atoms with Gasteiger partial charge in [0, 0.05) is 20.1 Å². The number of aromatic nitrogens is 4. The summed E-state index contributed by atoms with van der Waals surface area (Å²) in [7, 11) is 1.60. The van der Waals surface area contributed by atoms with E-state index in [2.05, 4.69) is 25.8 Å². The Hall–Kier alpha value is -2.21. The summed E-state index contributed by atoms with van der Waals surface area (Å²) in [6.45, 7) is 3.13. The Labute approximate surface area is 116 Å². The number of rotatable bonds is 5. The molecule has 104 valence electrons. The van der Waals surface area contributed by atoms with E-state index in [9.17, 15) is 0 Å². The van der Waals surface area contributed by atoms with Crippen molar-refractivity contribution in [2.75, 3.05) is 7.11 Å². The van der Waals surface area contributed by atoms with Gasteiger partial charge in [0.15, 0.2) is 5.82 Å². The minimum atomic E-state index is 0.347. The van der Waals surface area contributed by atoms with Gasteiger partial charge in [0.05, 0.1) is 11.0 Å². The maximum atomic E-state index is 5.08. The number of imidazole rings is 1. The molecule has 0 saturated heterocycles. The number of methoxy groups -OCH3 is 1. The first-order valence-electron chi connectivity index (χ1n) is 6.50. The number of ether oxygens (including phenoxy) is 1. The summed E-state index contributed by atoms with van der Waals surface area (Å²) in [6, 6.07) is 8.10. The van der Waals surface area contributed by atoms with Gasteiger partial charge < -0.3 is 13.8 Å². The first-order chi connectivity index (χ1) is 9.78. The van der Waals surface area contributed by atoms with Crippen molar-refractivity contribution in [3.05, 3.63) is 41.8 Å². The largest absolute Gasteiger partial charge is 0.375 e. The topological polar surface area (TPSA) is 66.0 Å². The molecular formula is C14H16N4O2. The van der Waals surface area contributed by atoms with Crippen LogP contribution in [0.15, 0.2) is 28.8 Å². The molecule has 0 aliphatic rings. The van der Waals surface area contributed by atoms with Crippen molar-refractivity contribution >= 4 is 11.0 Å². The SMILES string of the molecule is COCc1nc(CCn2c(C)nc3ccccc32)no1. The Kier molecular flexibility index (Phi) is 3.47. The van der Waals surface area contributed by atoms with Gasteiger partial charge in [0.1, 0.15) is 12.4 Å². The summed E-state index contributed by atoms with van der Waals surface area (Å²) >= 11 is 0. The van der Waals surface area contributed by atoms with Gasteiger partial charge in [-0.15, -0.1) is 0 Å². The molecule has 0 atom stereocenters. The lowest BCUT2D eigenvalue weighted by Crippen LogP contribution is -2.04. The number of aryl methyl sites for hydroxylation is 3. The molecule has 3 rings (SSSR count). The summed E-state index contributed by atoms with van der Waals surface area (Å²) in [6.07, 6.45) is 0.703. The van der Waals surface area contributed by atoms with Gasteiger partial charge in [0.25, 0.3) is 5.89 Å². The molecule has 20 heavy (non-hydrogen) atoms.